The lowest BCUT2D eigenvalue weighted by Crippen LogP contribution is -2.01. The van der Waals surface area contributed by atoms with Gasteiger partial charge in [0, 0.05) is 17.7 Å². The average Bonchev–Trinajstić information content (AvgIpc) is 2.65. The van der Waals surface area contributed by atoms with Crippen LogP contribution in [0.4, 0.5) is 0 Å². The molecule has 0 unspecified atom stereocenters. The quantitative estimate of drug-likeness (QED) is 0.798. The molecule has 5 heteroatoms. The van der Waals surface area contributed by atoms with Gasteiger partial charge < -0.3 is 4.57 Å². The van der Waals surface area contributed by atoms with Gasteiger partial charge >= 0.3 is 0 Å². The number of aromatic nitrogens is 4. The second kappa shape index (κ2) is 4.53. The summed E-state index contributed by atoms with van der Waals surface area (Å²) in [6.45, 7) is 2.63. The summed E-state index contributed by atoms with van der Waals surface area (Å²) in [7, 11) is 0. The van der Waals surface area contributed by atoms with Gasteiger partial charge in [-0.25, -0.2) is 15.0 Å². The zero-order valence-corrected chi connectivity index (χ0v) is 9.98. The molecule has 2 aromatic heterocycles. The molecule has 0 saturated heterocycles. The maximum Gasteiger partial charge on any atom is 0.125 e. The highest BCUT2D eigenvalue weighted by Gasteiger charge is 1.99. The van der Waals surface area contributed by atoms with Crippen molar-refractivity contribution in [2.75, 3.05) is 0 Å². The van der Waals surface area contributed by atoms with Gasteiger partial charge in [0.25, 0.3) is 0 Å². The fourth-order valence-electron chi connectivity index (χ4n) is 1.34. The third kappa shape index (κ3) is 2.62. The van der Waals surface area contributed by atoms with Gasteiger partial charge in [-0.3, -0.25) is 0 Å². The first-order chi connectivity index (χ1) is 7.28. The molecule has 0 aliphatic rings. The van der Waals surface area contributed by atoms with E-state index >= 15 is 0 Å². The third-order valence-electron chi connectivity index (χ3n) is 2.00. The van der Waals surface area contributed by atoms with Crippen molar-refractivity contribution in [1.29, 1.82) is 0 Å². The van der Waals surface area contributed by atoms with Crippen molar-refractivity contribution < 1.29 is 0 Å². The Morgan fingerprint density at radius 3 is 2.87 bits per heavy atom. The summed E-state index contributed by atoms with van der Waals surface area (Å²) in [5.74, 6) is 0.799. The summed E-state index contributed by atoms with van der Waals surface area (Å²) in [5, 5.41) is 0.781. The van der Waals surface area contributed by atoms with Gasteiger partial charge in [0.05, 0.1) is 24.3 Å². The highest BCUT2D eigenvalue weighted by Crippen LogP contribution is 2.04. The summed E-state index contributed by atoms with van der Waals surface area (Å²) >= 11 is 3.37. The predicted molar refractivity (Wildman–Crippen MR) is 60.7 cm³/mol. The summed E-state index contributed by atoms with van der Waals surface area (Å²) in [6, 6.07) is 1.92. The van der Waals surface area contributed by atoms with E-state index in [-0.39, 0.29) is 0 Å². The molecule has 15 heavy (non-hydrogen) atoms. The minimum Gasteiger partial charge on any atom is -0.331 e. The smallest absolute Gasteiger partial charge is 0.125 e. The molecule has 0 radical (unpaired) electrons. The number of hydrogen-bond acceptors (Lipinski definition) is 3. The van der Waals surface area contributed by atoms with E-state index in [4.69, 9.17) is 0 Å². The first kappa shape index (κ1) is 10.3. The van der Waals surface area contributed by atoms with Crippen molar-refractivity contribution in [3.8, 4) is 0 Å². The summed E-state index contributed by atoms with van der Waals surface area (Å²) in [4.78, 5) is 12.6. The van der Waals surface area contributed by atoms with Crippen LogP contribution >= 0.6 is 15.9 Å². The zero-order valence-electron chi connectivity index (χ0n) is 8.39. The minimum absolute atomic E-state index is 0.739. The number of halogens is 1. The number of imidazole rings is 1. The first-order valence-corrected chi connectivity index (χ1v) is 5.75. The maximum atomic E-state index is 4.33. The van der Waals surface area contributed by atoms with Gasteiger partial charge in [-0.1, -0.05) is 15.9 Å². The Morgan fingerprint density at radius 2 is 2.20 bits per heavy atom. The van der Waals surface area contributed by atoms with E-state index in [0.717, 1.165) is 29.1 Å². The third-order valence-corrected chi connectivity index (χ3v) is 2.58. The Balaban J connectivity index is 2.14. The molecule has 0 fully saturated rings. The van der Waals surface area contributed by atoms with E-state index in [2.05, 4.69) is 30.9 Å². The second-order valence-electron chi connectivity index (χ2n) is 3.27. The van der Waals surface area contributed by atoms with Crippen LogP contribution in [-0.2, 0) is 11.9 Å². The van der Waals surface area contributed by atoms with Crippen LogP contribution in [0.2, 0.25) is 0 Å². The zero-order chi connectivity index (χ0) is 10.7. The molecular weight excluding hydrogens is 256 g/mol. The summed E-state index contributed by atoms with van der Waals surface area (Å²) in [5.41, 5.74) is 2.03. The number of alkyl halides is 1. The van der Waals surface area contributed by atoms with Crippen LogP contribution in [0.3, 0.4) is 0 Å². The van der Waals surface area contributed by atoms with Crippen molar-refractivity contribution >= 4 is 15.9 Å². The first-order valence-electron chi connectivity index (χ1n) is 4.63. The Morgan fingerprint density at radius 1 is 1.33 bits per heavy atom. The maximum absolute atomic E-state index is 4.33. The molecular formula is C10H11BrN4. The largest absolute Gasteiger partial charge is 0.331 e. The van der Waals surface area contributed by atoms with Crippen LogP contribution in [0.5, 0.6) is 0 Å². The molecule has 78 valence electrons. The van der Waals surface area contributed by atoms with Crippen molar-refractivity contribution in [3.63, 3.8) is 0 Å². The van der Waals surface area contributed by atoms with Crippen molar-refractivity contribution in [2.24, 2.45) is 0 Å². The Hall–Kier alpha value is -1.23. The molecule has 4 nitrogen and oxygen atoms in total. The van der Waals surface area contributed by atoms with E-state index in [1.54, 1.807) is 6.20 Å². The Labute approximate surface area is 96.5 Å². The standard InChI is InChI=1S/C10H11BrN4/c1-8-12-3-2-9(14-8)5-15-6-10(4-11)13-7-15/h2-3,6-7H,4-5H2,1H3. The lowest BCUT2D eigenvalue weighted by Gasteiger charge is -2.01. The van der Waals surface area contributed by atoms with Gasteiger partial charge in [-0.2, -0.15) is 0 Å². The SMILES string of the molecule is Cc1nccc(Cn2cnc(CBr)c2)n1. The number of nitrogens with zero attached hydrogens (tertiary/aromatic N) is 4. The van der Waals surface area contributed by atoms with Crippen molar-refractivity contribution in [1.82, 2.24) is 19.5 Å². The molecule has 0 aromatic carbocycles. The molecule has 0 bridgehead atoms. The Bertz CT molecular complexity index is 452. The summed E-state index contributed by atoms with van der Waals surface area (Å²) < 4.78 is 2.01. The highest BCUT2D eigenvalue weighted by atomic mass is 79.9. The van der Waals surface area contributed by atoms with E-state index in [1.807, 2.05) is 30.1 Å². The van der Waals surface area contributed by atoms with E-state index in [0.29, 0.717) is 0 Å². The normalized spacial score (nSPS) is 10.5. The van der Waals surface area contributed by atoms with E-state index < -0.39 is 0 Å². The van der Waals surface area contributed by atoms with Gasteiger partial charge in [0.2, 0.25) is 0 Å². The van der Waals surface area contributed by atoms with Gasteiger partial charge in [-0.05, 0) is 13.0 Å². The molecule has 0 saturated carbocycles. The lowest BCUT2D eigenvalue weighted by atomic mass is 10.4. The van der Waals surface area contributed by atoms with Crippen LogP contribution < -0.4 is 0 Å². The second-order valence-corrected chi connectivity index (χ2v) is 3.83. The molecule has 2 heterocycles. The van der Waals surface area contributed by atoms with Crippen molar-refractivity contribution in [3.05, 3.63) is 42.0 Å². The topological polar surface area (TPSA) is 43.6 Å². The van der Waals surface area contributed by atoms with Crippen LogP contribution in [0.1, 0.15) is 17.2 Å². The molecule has 2 aromatic rings. The van der Waals surface area contributed by atoms with E-state index in [9.17, 15) is 0 Å². The van der Waals surface area contributed by atoms with Crippen LogP contribution in [0.25, 0.3) is 0 Å². The lowest BCUT2D eigenvalue weighted by molar-refractivity contribution is 0.762. The minimum atomic E-state index is 0.739. The number of rotatable bonds is 3. The van der Waals surface area contributed by atoms with Crippen LogP contribution in [-0.4, -0.2) is 19.5 Å². The van der Waals surface area contributed by atoms with Gasteiger partial charge in [-0.15, -0.1) is 0 Å². The van der Waals surface area contributed by atoms with Crippen LogP contribution in [0.15, 0.2) is 24.8 Å². The molecule has 2 rings (SSSR count). The number of hydrogen-bond donors (Lipinski definition) is 0. The molecule has 0 atom stereocenters. The molecule has 0 aliphatic carbocycles. The van der Waals surface area contributed by atoms with Gasteiger partial charge in [0.15, 0.2) is 0 Å². The molecule has 0 N–H and O–H groups in total. The van der Waals surface area contributed by atoms with Crippen molar-refractivity contribution in [2.45, 2.75) is 18.8 Å². The summed E-state index contributed by atoms with van der Waals surface area (Å²) in [6.07, 6.45) is 5.60. The van der Waals surface area contributed by atoms with Crippen LogP contribution in [0, 0.1) is 6.92 Å². The van der Waals surface area contributed by atoms with Gasteiger partial charge in [0.1, 0.15) is 5.82 Å². The molecule has 0 aliphatic heterocycles. The fourth-order valence-corrected chi connectivity index (χ4v) is 1.63. The molecule has 0 amide bonds. The monoisotopic (exact) mass is 266 g/mol. The highest BCUT2D eigenvalue weighted by molar-refractivity contribution is 9.08. The fraction of sp³-hybridized carbons (Fsp3) is 0.300. The average molecular weight is 267 g/mol. The molecule has 0 spiro atoms. The van der Waals surface area contributed by atoms with E-state index in [1.165, 1.54) is 0 Å². The predicted octanol–water partition coefficient (Wildman–Crippen LogP) is 1.92. The number of aryl methyl sites for hydroxylation is 1. The Kier molecular flexibility index (Phi) is 3.11.